The van der Waals surface area contributed by atoms with Crippen LogP contribution in [0.15, 0.2) is 24.3 Å². The van der Waals surface area contributed by atoms with Gasteiger partial charge in [-0.2, -0.15) is 0 Å². The number of rotatable bonds is 5. The highest BCUT2D eigenvalue weighted by Gasteiger charge is 2.26. The van der Waals surface area contributed by atoms with Crippen molar-refractivity contribution < 1.29 is 4.74 Å². The van der Waals surface area contributed by atoms with E-state index in [4.69, 9.17) is 4.74 Å². The molecular formula is C15H21NO. The van der Waals surface area contributed by atoms with Gasteiger partial charge in [0.2, 0.25) is 0 Å². The first-order valence-corrected chi connectivity index (χ1v) is 6.78. The molecule has 1 heterocycles. The van der Waals surface area contributed by atoms with Gasteiger partial charge in [0, 0.05) is 17.5 Å². The normalized spacial score (nSPS) is 24.2. The van der Waals surface area contributed by atoms with Crippen molar-refractivity contribution in [3.63, 3.8) is 0 Å². The quantitative estimate of drug-likeness (QED) is 0.841. The summed E-state index contributed by atoms with van der Waals surface area (Å²) >= 11 is 0. The number of hydrogen-bond acceptors (Lipinski definition) is 2. The van der Waals surface area contributed by atoms with Crippen LogP contribution in [0.4, 0.5) is 0 Å². The lowest BCUT2D eigenvalue weighted by atomic mass is 9.91. The molecule has 2 nitrogen and oxygen atoms in total. The Balaban J connectivity index is 1.55. The van der Waals surface area contributed by atoms with Crippen LogP contribution >= 0.6 is 0 Å². The first-order chi connectivity index (χ1) is 8.33. The van der Waals surface area contributed by atoms with Gasteiger partial charge >= 0.3 is 0 Å². The first kappa shape index (κ1) is 11.1. The van der Waals surface area contributed by atoms with E-state index in [9.17, 15) is 0 Å². The Morgan fingerprint density at radius 1 is 1.35 bits per heavy atom. The van der Waals surface area contributed by atoms with Gasteiger partial charge in [-0.3, -0.25) is 0 Å². The Kier molecular flexibility index (Phi) is 3.06. The van der Waals surface area contributed by atoms with Crippen LogP contribution in [-0.2, 0) is 0 Å². The number of ether oxygens (including phenoxy) is 1. The summed E-state index contributed by atoms with van der Waals surface area (Å²) in [7, 11) is 0. The van der Waals surface area contributed by atoms with Crippen LogP contribution in [0.5, 0.6) is 5.75 Å². The molecule has 1 aliphatic heterocycles. The molecule has 2 heteroatoms. The third kappa shape index (κ3) is 2.63. The molecule has 1 aliphatic carbocycles. The molecular weight excluding hydrogens is 210 g/mol. The maximum absolute atomic E-state index is 5.73. The molecule has 0 amide bonds. The zero-order chi connectivity index (χ0) is 11.7. The Bertz CT molecular complexity index is 386. The van der Waals surface area contributed by atoms with E-state index >= 15 is 0 Å². The van der Waals surface area contributed by atoms with Crippen LogP contribution in [0.25, 0.3) is 0 Å². The molecule has 2 unspecified atom stereocenters. The maximum atomic E-state index is 5.73. The highest BCUT2D eigenvalue weighted by Crippen LogP contribution is 2.37. The third-order valence-corrected chi connectivity index (χ3v) is 3.82. The van der Waals surface area contributed by atoms with E-state index in [1.165, 1.54) is 24.8 Å². The molecule has 1 N–H and O–H groups in total. The molecule has 17 heavy (non-hydrogen) atoms. The van der Waals surface area contributed by atoms with Crippen molar-refractivity contribution in [3.8, 4) is 5.75 Å². The van der Waals surface area contributed by atoms with Crippen LogP contribution in [-0.4, -0.2) is 19.2 Å². The van der Waals surface area contributed by atoms with Crippen molar-refractivity contribution >= 4 is 0 Å². The van der Waals surface area contributed by atoms with Gasteiger partial charge in [-0.1, -0.05) is 25.1 Å². The van der Waals surface area contributed by atoms with Gasteiger partial charge in [-0.25, -0.2) is 0 Å². The van der Waals surface area contributed by atoms with E-state index < -0.39 is 0 Å². The molecule has 2 atom stereocenters. The van der Waals surface area contributed by atoms with E-state index in [1.54, 1.807) is 0 Å². The standard InChI is InChI=1S/C15H21NO/c1-11(9-16-13-6-7-13)8-12-10-17-15-5-3-2-4-14(12)15/h2-5,11-13,16H,6-10H2,1H3. The Labute approximate surface area is 103 Å². The number of benzene rings is 1. The van der Waals surface area contributed by atoms with Crippen molar-refractivity contribution in [2.24, 2.45) is 5.92 Å². The monoisotopic (exact) mass is 231 g/mol. The van der Waals surface area contributed by atoms with Gasteiger partial charge < -0.3 is 10.1 Å². The summed E-state index contributed by atoms with van der Waals surface area (Å²) in [4.78, 5) is 0. The summed E-state index contributed by atoms with van der Waals surface area (Å²) in [6, 6.07) is 9.30. The lowest BCUT2D eigenvalue weighted by Crippen LogP contribution is -2.24. The van der Waals surface area contributed by atoms with Crippen LogP contribution < -0.4 is 10.1 Å². The summed E-state index contributed by atoms with van der Waals surface area (Å²) < 4.78 is 5.73. The SMILES string of the molecule is CC(CNC1CC1)CC1COc2ccccc21. The first-order valence-electron chi connectivity index (χ1n) is 6.78. The molecule has 2 aliphatic rings. The predicted octanol–water partition coefficient (Wildman–Crippen LogP) is 2.94. The minimum atomic E-state index is 0.599. The van der Waals surface area contributed by atoms with E-state index in [0.717, 1.165) is 30.9 Å². The van der Waals surface area contributed by atoms with Gasteiger partial charge in [-0.05, 0) is 37.8 Å². The number of hydrogen-bond donors (Lipinski definition) is 1. The third-order valence-electron chi connectivity index (χ3n) is 3.82. The second-order valence-corrected chi connectivity index (χ2v) is 5.57. The highest BCUT2D eigenvalue weighted by atomic mass is 16.5. The van der Waals surface area contributed by atoms with Gasteiger partial charge in [0.25, 0.3) is 0 Å². The zero-order valence-electron chi connectivity index (χ0n) is 10.5. The maximum Gasteiger partial charge on any atom is 0.122 e. The van der Waals surface area contributed by atoms with E-state index in [0.29, 0.717) is 5.92 Å². The molecule has 0 aromatic heterocycles. The fourth-order valence-corrected chi connectivity index (χ4v) is 2.65. The average Bonchev–Trinajstić information content (AvgIpc) is 3.10. The van der Waals surface area contributed by atoms with Crippen molar-refractivity contribution in [1.29, 1.82) is 0 Å². The summed E-state index contributed by atoms with van der Waals surface area (Å²) in [6.07, 6.45) is 3.99. The molecule has 1 aromatic carbocycles. The Morgan fingerprint density at radius 2 is 2.18 bits per heavy atom. The molecule has 0 spiro atoms. The topological polar surface area (TPSA) is 21.3 Å². The predicted molar refractivity (Wildman–Crippen MR) is 69.5 cm³/mol. The zero-order valence-corrected chi connectivity index (χ0v) is 10.5. The molecule has 0 bridgehead atoms. The minimum absolute atomic E-state index is 0.599. The number of nitrogens with one attached hydrogen (secondary N) is 1. The molecule has 1 fully saturated rings. The summed E-state index contributed by atoms with van der Waals surface area (Å²) in [5, 5.41) is 3.61. The van der Waals surface area contributed by atoms with Gasteiger partial charge in [0.1, 0.15) is 5.75 Å². The molecule has 92 valence electrons. The Hall–Kier alpha value is -1.02. The lowest BCUT2D eigenvalue weighted by molar-refractivity contribution is 0.307. The fraction of sp³-hybridized carbons (Fsp3) is 0.600. The molecule has 3 rings (SSSR count). The van der Waals surface area contributed by atoms with Crippen LogP contribution in [0.3, 0.4) is 0 Å². The second kappa shape index (κ2) is 4.69. The second-order valence-electron chi connectivity index (χ2n) is 5.57. The van der Waals surface area contributed by atoms with Crippen molar-refractivity contribution in [2.45, 2.75) is 38.1 Å². The van der Waals surface area contributed by atoms with Gasteiger partial charge in [0.15, 0.2) is 0 Å². The molecule has 1 saturated carbocycles. The van der Waals surface area contributed by atoms with Crippen molar-refractivity contribution in [3.05, 3.63) is 29.8 Å². The smallest absolute Gasteiger partial charge is 0.122 e. The van der Waals surface area contributed by atoms with Crippen molar-refractivity contribution in [2.75, 3.05) is 13.2 Å². The fourth-order valence-electron chi connectivity index (χ4n) is 2.65. The average molecular weight is 231 g/mol. The van der Waals surface area contributed by atoms with Crippen LogP contribution in [0, 0.1) is 5.92 Å². The molecule has 0 saturated heterocycles. The van der Waals surface area contributed by atoms with Crippen LogP contribution in [0.1, 0.15) is 37.7 Å². The number of fused-ring (bicyclic) bond motifs is 1. The van der Waals surface area contributed by atoms with E-state index in [1.807, 2.05) is 0 Å². The summed E-state index contributed by atoms with van der Waals surface area (Å²) in [6.45, 7) is 4.37. The summed E-state index contributed by atoms with van der Waals surface area (Å²) in [5.41, 5.74) is 1.41. The van der Waals surface area contributed by atoms with Crippen molar-refractivity contribution in [1.82, 2.24) is 5.32 Å². The van der Waals surface area contributed by atoms with E-state index in [2.05, 4.69) is 36.5 Å². The Morgan fingerprint density at radius 3 is 3.00 bits per heavy atom. The number of para-hydroxylation sites is 1. The highest BCUT2D eigenvalue weighted by molar-refractivity contribution is 5.39. The largest absolute Gasteiger partial charge is 0.493 e. The van der Waals surface area contributed by atoms with Gasteiger partial charge in [0.05, 0.1) is 6.61 Å². The van der Waals surface area contributed by atoms with E-state index in [-0.39, 0.29) is 0 Å². The molecule has 0 radical (unpaired) electrons. The minimum Gasteiger partial charge on any atom is -0.493 e. The molecule has 1 aromatic rings. The lowest BCUT2D eigenvalue weighted by Gasteiger charge is -2.16. The van der Waals surface area contributed by atoms with Crippen LogP contribution in [0.2, 0.25) is 0 Å². The van der Waals surface area contributed by atoms with Gasteiger partial charge in [-0.15, -0.1) is 0 Å². The summed E-state index contributed by atoms with van der Waals surface area (Å²) in [5.74, 6) is 2.43.